The van der Waals surface area contributed by atoms with Gasteiger partial charge in [0.15, 0.2) is 5.78 Å². The average molecular weight is 849 g/mol. The molecule has 0 unspecified atom stereocenters. The molecule has 328 valence electrons. The Hall–Kier alpha value is -4.04. The largest absolute Gasteiger partial charge is 0.492 e. The van der Waals surface area contributed by atoms with Gasteiger partial charge in [-0.2, -0.15) is 0 Å². The first-order chi connectivity index (χ1) is 28.4. The molecule has 3 saturated carbocycles. The molecule has 60 heavy (non-hydrogen) atoms. The van der Waals surface area contributed by atoms with E-state index < -0.39 is 61.5 Å². The molecule has 4 fully saturated rings. The molecule has 7 rings (SSSR count). The summed E-state index contributed by atoms with van der Waals surface area (Å²) in [6.45, 7) is 12.6. The molecule has 0 radical (unpaired) electrons. The molecular weight excluding hydrogens is 785 g/mol. The van der Waals surface area contributed by atoms with Gasteiger partial charge in [-0.15, -0.1) is 6.58 Å². The Morgan fingerprint density at radius 2 is 1.85 bits per heavy atom. The average Bonchev–Trinajstić information content (AvgIpc) is 4.14. The lowest BCUT2D eigenvalue weighted by molar-refractivity contribution is -0.154. The summed E-state index contributed by atoms with van der Waals surface area (Å²) in [6.07, 6.45) is 7.67. The zero-order valence-corrected chi connectivity index (χ0v) is 37.1. The molecule has 0 spiro atoms. The number of hydrogen-bond donors (Lipinski definition) is 1. The van der Waals surface area contributed by atoms with Gasteiger partial charge in [0.1, 0.15) is 18.0 Å². The van der Waals surface area contributed by atoms with Crippen molar-refractivity contribution in [3.8, 4) is 11.6 Å². The number of ether oxygens (including phenoxy) is 3. The third-order valence-corrected chi connectivity index (χ3v) is 15.8. The molecule has 13 nitrogen and oxygen atoms in total. The first-order valence-electron chi connectivity index (χ1n) is 21.9. The number of nitrogens with zero attached hydrogens (tertiary/aromatic N) is 3. The predicted molar refractivity (Wildman–Crippen MR) is 228 cm³/mol. The number of hydrogen-bond acceptors (Lipinski definition) is 11. The number of carbonyl (C=O) groups is 4. The molecule has 7 atom stereocenters. The molecule has 2 amide bonds. The van der Waals surface area contributed by atoms with Crippen molar-refractivity contribution in [3.05, 3.63) is 42.5 Å². The van der Waals surface area contributed by atoms with Gasteiger partial charge in [0.05, 0.1) is 52.8 Å². The maximum atomic E-state index is 14.9. The second-order valence-electron chi connectivity index (χ2n) is 19.7. The minimum atomic E-state index is -3.96. The number of ketones is 1. The summed E-state index contributed by atoms with van der Waals surface area (Å²) >= 11 is 0. The van der Waals surface area contributed by atoms with Crippen LogP contribution in [0.5, 0.6) is 11.6 Å². The third-order valence-electron chi connectivity index (χ3n) is 13.6. The number of aromatic nitrogens is 1. The number of nitrogens with one attached hydrogen (secondary N) is 1. The smallest absolute Gasteiger partial charge is 0.306 e. The Kier molecular flexibility index (Phi) is 12.5. The highest BCUT2D eigenvalue weighted by molar-refractivity contribution is 7.91. The van der Waals surface area contributed by atoms with Gasteiger partial charge in [-0.25, -0.2) is 13.4 Å². The number of rotatable bonds is 12. The van der Waals surface area contributed by atoms with E-state index in [0.717, 1.165) is 61.8 Å². The Morgan fingerprint density at radius 3 is 2.53 bits per heavy atom. The fourth-order valence-electron chi connectivity index (χ4n) is 9.14. The van der Waals surface area contributed by atoms with E-state index in [4.69, 9.17) is 19.2 Å². The number of esters is 1. The molecule has 1 N–H and O–H groups in total. The Bertz CT molecular complexity index is 2110. The lowest BCUT2D eigenvalue weighted by Crippen LogP contribution is -2.49. The second kappa shape index (κ2) is 17.0. The summed E-state index contributed by atoms with van der Waals surface area (Å²) in [6, 6.07) is 6.82. The minimum Gasteiger partial charge on any atom is -0.492 e. The molecule has 5 aliphatic rings. The molecule has 3 heterocycles. The SMILES string of the molecule is C=C[C@@H]1C[C@]1(CC(=O)[C@@H]1C[C@@H]2CN1C(=O)[C@H](C(C)(C)C)CC(=O)O[C@@H]1C[C@H]1CCCCCc1c(nc3ccccc3c1OCCCN(C)C)O2)C(=O)NS(=O)(=O)C1(C)CC1. The number of Topliss-reactive ketones (excluding diaryl/α,β-unsaturated/α-hetero) is 1. The van der Waals surface area contributed by atoms with Crippen molar-refractivity contribution in [3.63, 3.8) is 0 Å². The fourth-order valence-corrected chi connectivity index (χ4v) is 10.5. The first kappa shape index (κ1) is 44.0. The van der Waals surface area contributed by atoms with Crippen LogP contribution in [0.25, 0.3) is 10.9 Å². The van der Waals surface area contributed by atoms with Gasteiger partial charge in [0, 0.05) is 24.8 Å². The van der Waals surface area contributed by atoms with Gasteiger partial charge in [0.25, 0.3) is 0 Å². The van der Waals surface area contributed by atoms with Crippen LogP contribution in [0.2, 0.25) is 0 Å². The predicted octanol–water partition coefficient (Wildman–Crippen LogP) is 6.16. The monoisotopic (exact) mass is 848 g/mol. The van der Waals surface area contributed by atoms with E-state index in [1.54, 1.807) is 13.0 Å². The van der Waals surface area contributed by atoms with E-state index in [1.807, 2.05) is 59.1 Å². The third kappa shape index (κ3) is 9.39. The van der Waals surface area contributed by atoms with Crippen LogP contribution in [0, 0.1) is 28.6 Å². The number of pyridine rings is 1. The molecule has 1 aromatic heterocycles. The number of para-hydroxylation sites is 1. The van der Waals surface area contributed by atoms with Crippen molar-refractivity contribution in [2.24, 2.45) is 28.6 Å². The van der Waals surface area contributed by atoms with E-state index in [9.17, 15) is 27.6 Å². The van der Waals surface area contributed by atoms with Crippen LogP contribution in [0.4, 0.5) is 0 Å². The molecule has 14 heteroatoms. The Morgan fingerprint density at radius 1 is 1.10 bits per heavy atom. The van der Waals surface area contributed by atoms with Crippen molar-refractivity contribution in [1.82, 2.24) is 19.5 Å². The van der Waals surface area contributed by atoms with Crippen LogP contribution in [-0.4, -0.2) is 104 Å². The Balaban J connectivity index is 1.24. The summed E-state index contributed by atoms with van der Waals surface area (Å²) in [5, 5.41) is 0.890. The lowest BCUT2D eigenvalue weighted by atomic mass is 9.77. The molecule has 1 saturated heterocycles. The first-order valence-corrected chi connectivity index (χ1v) is 23.4. The fraction of sp³-hybridized carbons (Fsp3) is 0.674. The topological polar surface area (TPSA) is 162 Å². The van der Waals surface area contributed by atoms with Crippen LogP contribution in [0.15, 0.2) is 36.9 Å². The van der Waals surface area contributed by atoms with Gasteiger partial charge in [-0.3, -0.25) is 23.9 Å². The molecule has 2 aliphatic heterocycles. The van der Waals surface area contributed by atoms with E-state index in [2.05, 4.69) is 16.2 Å². The summed E-state index contributed by atoms with van der Waals surface area (Å²) < 4.78 is 47.0. The molecular formula is C46H64N4O9S. The number of amides is 2. The number of benzene rings is 1. The summed E-state index contributed by atoms with van der Waals surface area (Å²) in [5.41, 5.74) is -0.419. The number of allylic oxidation sites excluding steroid dienone is 1. The summed E-state index contributed by atoms with van der Waals surface area (Å²) in [4.78, 5) is 65.6. The second-order valence-corrected chi connectivity index (χ2v) is 21.9. The van der Waals surface area contributed by atoms with Gasteiger partial charge < -0.3 is 24.0 Å². The van der Waals surface area contributed by atoms with Crippen molar-refractivity contribution in [2.45, 2.75) is 134 Å². The lowest BCUT2D eigenvalue weighted by Gasteiger charge is -2.34. The van der Waals surface area contributed by atoms with Crippen LogP contribution < -0.4 is 14.2 Å². The Labute approximate surface area is 355 Å². The van der Waals surface area contributed by atoms with Gasteiger partial charge in [-0.05, 0) is 102 Å². The quantitative estimate of drug-likeness (QED) is 0.148. The zero-order chi connectivity index (χ0) is 43.2. The van der Waals surface area contributed by atoms with Crippen molar-refractivity contribution < 1.29 is 41.8 Å². The van der Waals surface area contributed by atoms with E-state index in [0.29, 0.717) is 43.2 Å². The molecule has 1 aromatic carbocycles. The maximum absolute atomic E-state index is 14.9. The molecule has 2 aromatic rings. The minimum absolute atomic E-state index is 0.0470. The highest BCUT2D eigenvalue weighted by atomic mass is 32.2. The normalized spacial score (nSPS) is 29.3. The van der Waals surface area contributed by atoms with E-state index in [-0.39, 0.29) is 50.0 Å². The van der Waals surface area contributed by atoms with Crippen LogP contribution >= 0.6 is 0 Å². The highest BCUT2D eigenvalue weighted by Gasteiger charge is 2.62. The van der Waals surface area contributed by atoms with Gasteiger partial charge >= 0.3 is 5.97 Å². The highest BCUT2D eigenvalue weighted by Crippen LogP contribution is 2.57. The zero-order valence-electron chi connectivity index (χ0n) is 36.3. The maximum Gasteiger partial charge on any atom is 0.306 e. The number of fused-ring (bicyclic) bond motifs is 5. The van der Waals surface area contributed by atoms with Crippen molar-refractivity contribution in [1.29, 1.82) is 0 Å². The molecule has 2 bridgehead atoms. The summed E-state index contributed by atoms with van der Waals surface area (Å²) in [7, 11) is 0.103. The standard InChI is InChI=1S/C46H64N4O9S/c1-8-30-26-46(30,43(54)48-60(55,56)45(5)19-20-45)27-37(51)36-24-31-28-50(36)42(53)34(44(2,3)4)25-39(52)59-38-23-29(38)15-10-9-11-17-33-40(57-22-14-21-49(6)7)32-16-12-13-18-35(32)47-41(33)58-31/h8,12-13,16,18,29-31,34,36,38H,1,9-11,14-15,17,19-28H2,2-7H3,(H,48,54)/t29-,30-,31-,34-,36+,38-,46-/m1/s1. The number of carbonyl (C=O) groups excluding carboxylic acids is 4. The van der Waals surface area contributed by atoms with E-state index in [1.165, 1.54) is 4.90 Å². The molecule has 3 aliphatic carbocycles. The summed E-state index contributed by atoms with van der Waals surface area (Å²) in [5.74, 6) is -1.67. The van der Waals surface area contributed by atoms with Crippen LogP contribution in [0.1, 0.15) is 110 Å². The number of sulfonamides is 1. The van der Waals surface area contributed by atoms with Crippen LogP contribution in [-0.2, 0) is 40.4 Å². The van der Waals surface area contributed by atoms with Gasteiger partial charge in [-0.1, -0.05) is 51.8 Å². The van der Waals surface area contributed by atoms with Gasteiger partial charge in [0.2, 0.25) is 27.7 Å². The van der Waals surface area contributed by atoms with E-state index >= 15 is 0 Å². The van der Waals surface area contributed by atoms with Crippen molar-refractivity contribution in [2.75, 3.05) is 33.8 Å². The van der Waals surface area contributed by atoms with Crippen molar-refractivity contribution >= 4 is 44.5 Å². The van der Waals surface area contributed by atoms with Crippen LogP contribution in [0.3, 0.4) is 0 Å².